The van der Waals surface area contributed by atoms with Gasteiger partial charge in [-0.25, -0.2) is 9.97 Å². The van der Waals surface area contributed by atoms with Crippen LogP contribution in [0, 0.1) is 0 Å². The zero-order valence-electron chi connectivity index (χ0n) is 14.1. The van der Waals surface area contributed by atoms with Crippen molar-refractivity contribution in [3.63, 3.8) is 0 Å². The second-order valence-corrected chi connectivity index (χ2v) is 5.57. The molecule has 2 heterocycles. The first-order valence-electron chi connectivity index (χ1n) is 7.90. The van der Waals surface area contributed by atoms with Gasteiger partial charge in [0.15, 0.2) is 5.82 Å². The van der Waals surface area contributed by atoms with Gasteiger partial charge in [0.25, 0.3) is 5.91 Å². The summed E-state index contributed by atoms with van der Waals surface area (Å²) in [6.45, 7) is 1.40. The molecule has 0 saturated heterocycles. The number of nitrogens with one attached hydrogen (secondary N) is 2. The van der Waals surface area contributed by atoms with Crippen molar-refractivity contribution in [1.82, 2.24) is 9.97 Å². The molecule has 0 aliphatic heterocycles. The molecule has 0 spiro atoms. The number of hydrogen-bond acceptors (Lipinski definition) is 5. The molecule has 0 aliphatic rings. The predicted octanol–water partition coefficient (Wildman–Crippen LogP) is 2.94. The van der Waals surface area contributed by atoms with Gasteiger partial charge in [-0.05, 0) is 24.3 Å². The minimum atomic E-state index is -0.441. The lowest BCUT2D eigenvalue weighted by molar-refractivity contribution is -0.114. The van der Waals surface area contributed by atoms with E-state index in [9.17, 15) is 9.59 Å². The van der Waals surface area contributed by atoms with Gasteiger partial charge in [0, 0.05) is 12.5 Å². The van der Waals surface area contributed by atoms with Crippen LogP contribution < -0.4 is 16.4 Å². The number of anilines is 3. The van der Waals surface area contributed by atoms with Crippen molar-refractivity contribution in [3.8, 4) is 11.3 Å². The van der Waals surface area contributed by atoms with Crippen LogP contribution in [0.2, 0.25) is 0 Å². The number of nitrogens with zero attached hydrogens (tertiary/aromatic N) is 2. The Kier molecular flexibility index (Phi) is 4.89. The van der Waals surface area contributed by atoms with Crippen LogP contribution in [0.3, 0.4) is 0 Å². The Morgan fingerprint density at radius 3 is 2.38 bits per heavy atom. The molecular weight excluding hydrogens is 330 g/mol. The minimum absolute atomic E-state index is 0.186. The summed E-state index contributed by atoms with van der Waals surface area (Å²) >= 11 is 0. The van der Waals surface area contributed by atoms with Crippen molar-refractivity contribution in [3.05, 3.63) is 66.5 Å². The summed E-state index contributed by atoms with van der Waals surface area (Å²) in [7, 11) is 0. The van der Waals surface area contributed by atoms with Crippen molar-refractivity contribution in [2.75, 3.05) is 16.4 Å². The van der Waals surface area contributed by atoms with Crippen LogP contribution in [-0.2, 0) is 4.79 Å². The first kappa shape index (κ1) is 17.1. The maximum atomic E-state index is 12.4. The molecule has 7 heteroatoms. The Bertz CT molecular complexity index is 940. The maximum Gasteiger partial charge on any atom is 0.275 e. The summed E-state index contributed by atoms with van der Waals surface area (Å²) < 4.78 is 0. The van der Waals surface area contributed by atoms with Gasteiger partial charge in [-0.2, -0.15) is 0 Å². The van der Waals surface area contributed by atoms with Gasteiger partial charge >= 0.3 is 0 Å². The van der Waals surface area contributed by atoms with Crippen LogP contribution in [0.15, 0.2) is 60.8 Å². The van der Waals surface area contributed by atoms with E-state index in [0.29, 0.717) is 17.1 Å². The van der Waals surface area contributed by atoms with E-state index in [4.69, 9.17) is 5.73 Å². The van der Waals surface area contributed by atoms with Gasteiger partial charge in [-0.3, -0.25) is 9.59 Å². The van der Waals surface area contributed by atoms with Crippen molar-refractivity contribution in [2.45, 2.75) is 6.92 Å². The number of carbonyl (C=O) groups excluding carboxylic acids is 2. The van der Waals surface area contributed by atoms with Gasteiger partial charge in [-0.15, -0.1) is 0 Å². The topological polar surface area (TPSA) is 110 Å². The molecule has 7 nitrogen and oxygen atoms in total. The average Bonchev–Trinajstić information content (AvgIpc) is 2.64. The molecule has 0 radical (unpaired) electrons. The van der Waals surface area contributed by atoms with Crippen LogP contribution in [0.25, 0.3) is 11.3 Å². The van der Waals surface area contributed by atoms with Crippen LogP contribution in [0.5, 0.6) is 0 Å². The molecule has 3 aromatic rings. The first-order valence-corrected chi connectivity index (χ1v) is 7.90. The number of nitrogen functional groups attached to an aromatic ring is 1. The van der Waals surface area contributed by atoms with E-state index < -0.39 is 5.91 Å². The molecule has 3 rings (SSSR count). The van der Waals surface area contributed by atoms with Crippen LogP contribution >= 0.6 is 0 Å². The third-order valence-corrected chi connectivity index (χ3v) is 3.54. The molecule has 0 bridgehead atoms. The summed E-state index contributed by atoms with van der Waals surface area (Å²) in [6.07, 6.45) is 1.41. The Labute approximate surface area is 150 Å². The lowest BCUT2D eigenvalue weighted by atomic mass is 10.1. The molecule has 0 fully saturated rings. The minimum Gasteiger partial charge on any atom is -0.396 e. The lowest BCUT2D eigenvalue weighted by Crippen LogP contribution is -2.16. The summed E-state index contributed by atoms with van der Waals surface area (Å²) in [4.78, 5) is 31.9. The van der Waals surface area contributed by atoms with E-state index in [1.165, 1.54) is 19.2 Å². The molecule has 0 aliphatic carbocycles. The maximum absolute atomic E-state index is 12.4. The molecule has 0 unspecified atom stereocenters. The van der Waals surface area contributed by atoms with Crippen molar-refractivity contribution in [2.24, 2.45) is 0 Å². The van der Waals surface area contributed by atoms with E-state index >= 15 is 0 Å². The normalized spacial score (nSPS) is 10.2. The Morgan fingerprint density at radius 2 is 1.73 bits per heavy atom. The Balaban J connectivity index is 1.79. The second kappa shape index (κ2) is 7.43. The van der Waals surface area contributed by atoms with E-state index in [1.54, 1.807) is 18.2 Å². The highest BCUT2D eigenvalue weighted by molar-refractivity contribution is 6.04. The summed E-state index contributed by atoms with van der Waals surface area (Å²) in [5.41, 5.74) is 8.60. The summed E-state index contributed by atoms with van der Waals surface area (Å²) in [6, 6.07) is 16.2. The Hall–Kier alpha value is -3.74. The number of pyridine rings is 2. The second-order valence-electron chi connectivity index (χ2n) is 5.57. The lowest BCUT2D eigenvalue weighted by Gasteiger charge is -2.10. The summed E-state index contributed by atoms with van der Waals surface area (Å²) in [5, 5.41) is 5.26. The number of rotatable bonds is 4. The molecule has 1 aromatic carbocycles. The zero-order chi connectivity index (χ0) is 18.5. The third-order valence-electron chi connectivity index (χ3n) is 3.54. The van der Waals surface area contributed by atoms with E-state index in [-0.39, 0.29) is 17.4 Å². The molecule has 130 valence electrons. The van der Waals surface area contributed by atoms with Gasteiger partial charge in [0.05, 0.1) is 23.3 Å². The quantitative estimate of drug-likeness (QED) is 0.672. The van der Waals surface area contributed by atoms with E-state index in [1.807, 2.05) is 30.3 Å². The number of benzene rings is 1. The van der Waals surface area contributed by atoms with Crippen LogP contribution in [-0.4, -0.2) is 21.8 Å². The number of amides is 2. The standard InChI is InChI=1S/C19H17N5O2/c1-12(25)22-14-7-9-17(21-11-14)19(26)24-18-15(20)8-10-16(23-18)13-5-3-2-4-6-13/h2-11H,20H2,1H3,(H,22,25)(H,23,24,26). The number of carbonyl (C=O) groups is 2. The van der Waals surface area contributed by atoms with Gasteiger partial charge < -0.3 is 16.4 Å². The monoisotopic (exact) mass is 347 g/mol. The van der Waals surface area contributed by atoms with E-state index in [0.717, 1.165) is 5.56 Å². The number of nitrogens with two attached hydrogens (primary N) is 1. The molecule has 0 saturated carbocycles. The van der Waals surface area contributed by atoms with E-state index in [2.05, 4.69) is 20.6 Å². The highest BCUT2D eigenvalue weighted by Crippen LogP contribution is 2.23. The van der Waals surface area contributed by atoms with Crippen molar-refractivity contribution >= 4 is 29.0 Å². The average molecular weight is 347 g/mol. The SMILES string of the molecule is CC(=O)Nc1ccc(C(=O)Nc2nc(-c3ccccc3)ccc2N)nc1. The highest BCUT2D eigenvalue weighted by Gasteiger charge is 2.12. The zero-order valence-corrected chi connectivity index (χ0v) is 14.1. The van der Waals surface area contributed by atoms with Crippen molar-refractivity contribution in [1.29, 1.82) is 0 Å². The molecular formula is C19H17N5O2. The van der Waals surface area contributed by atoms with Gasteiger partial charge in [0.2, 0.25) is 5.91 Å². The highest BCUT2D eigenvalue weighted by atomic mass is 16.2. The number of aromatic nitrogens is 2. The van der Waals surface area contributed by atoms with Crippen LogP contribution in [0.1, 0.15) is 17.4 Å². The molecule has 26 heavy (non-hydrogen) atoms. The third kappa shape index (κ3) is 4.02. The van der Waals surface area contributed by atoms with Crippen molar-refractivity contribution < 1.29 is 9.59 Å². The fraction of sp³-hybridized carbons (Fsp3) is 0.0526. The fourth-order valence-corrected chi connectivity index (χ4v) is 2.32. The smallest absolute Gasteiger partial charge is 0.275 e. The first-order chi connectivity index (χ1) is 12.5. The largest absolute Gasteiger partial charge is 0.396 e. The molecule has 0 atom stereocenters. The molecule has 2 aromatic heterocycles. The fourth-order valence-electron chi connectivity index (χ4n) is 2.32. The molecule has 4 N–H and O–H groups in total. The predicted molar refractivity (Wildman–Crippen MR) is 101 cm³/mol. The Morgan fingerprint density at radius 1 is 0.962 bits per heavy atom. The van der Waals surface area contributed by atoms with Gasteiger partial charge in [-0.1, -0.05) is 30.3 Å². The summed E-state index contributed by atoms with van der Waals surface area (Å²) in [5.74, 6) is -0.383. The van der Waals surface area contributed by atoms with Gasteiger partial charge in [0.1, 0.15) is 5.69 Å². The molecule has 2 amide bonds. The van der Waals surface area contributed by atoms with Crippen LogP contribution in [0.4, 0.5) is 17.2 Å². The number of hydrogen-bond donors (Lipinski definition) is 3.